The van der Waals surface area contributed by atoms with Crippen LogP contribution in [0.5, 0.6) is 0 Å². The molecule has 0 N–H and O–H groups in total. The molecule has 2 aliphatic heterocycles. The van der Waals surface area contributed by atoms with E-state index in [1.54, 1.807) is 6.33 Å². The zero-order valence-corrected chi connectivity index (χ0v) is 14.7. The highest BCUT2D eigenvalue weighted by Crippen LogP contribution is 2.25. The molecule has 0 bridgehead atoms. The van der Waals surface area contributed by atoms with Crippen molar-refractivity contribution in [2.24, 2.45) is 5.92 Å². The predicted molar refractivity (Wildman–Crippen MR) is 95.4 cm³/mol. The lowest BCUT2D eigenvalue weighted by Gasteiger charge is -2.36. The van der Waals surface area contributed by atoms with Gasteiger partial charge in [-0.1, -0.05) is 12.8 Å². The second-order valence-electron chi connectivity index (χ2n) is 7.40. The molecule has 2 aromatic rings. The van der Waals surface area contributed by atoms with Crippen LogP contribution in [0.2, 0.25) is 0 Å². The predicted octanol–water partition coefficient (Wildman–Crippen LogP) is 2.53. The van der Waals surface area contributed by atoms with Crippen molar-refractivity contribution in [2.45, 2.75) is 45.4 Å². The fourth-order valence-electron chi connectivity index (χ4n) is 4.24. The van der Waals surface area contributed by atoms with E-state index in [4.69, 9.17) is 0 Å². The van der Waals surface area contributed by atoms with E-state index in [9.17, 15) is 0 Å². The van der Waals surface area contributed by atoms with Crippen LogP contribution in [0.1, 0.15) is 44.2 Å². The maximum atomic E-state index is 4.47. The van der Waals surface area contributed by atoms with E-state index in [1.165, 1.54) is 58.2 Å². The van der Waals surface area contributed by atoms with Gasteiger partial charge < -0.3 is 9.80 Å². The van der Waals surface area contributed by atoms with Gasteiger partial charge in [0.2, 0.25) is 0 Å². The number of anilines is 1. The van der Waals surface area contributed by atoms with Gasteiger partial charge in [-0.3, -0.25) is 0 Å². The lowest BCUT2D eigenvalue weighted by molar-refractivity contribution is 0.222. The van der Waals surface area contributed by atoms with E-state index in [1.807, 2.05) is 11.4 Å². The Morgan fingerprint density at radius 3 is 2.75 bits per heavy atom. The fraction of sp³-hybridized carbons (Fsp3) is 0.722. The topological polar surface area (TPSA) is 49.6 Å². The van der Waals surface area contributed by atoms with Crippen LogP contribution in [0.25, 0.3) is 5.78 Å². The van der Waals surface area contributed by atoms with Crippen LogP contribution >= 0.6 is 0 Å². The summed E-state index contributed by atoms with van der Waals surface area (Å²) in [5.41, 5.74) is 1.01. The molecule has 0 aromatic carbocycles. The largest absolute Gasteiger partial charge is 0.356 e. The van der Waals surface area contributed by atoms with Gasteiger partial charge in [0, 0.05) is 31.4 Å². The number of aromatic nitrogens is 4. The molecule has 0 saturated carbocycles. The molecule has 0 radical (unpaired) electrons. The Kier molecular flexibility index (Phi) is 4.65. The minimum Gasteiger partial charge on any atom is -0.356 e. The monoisotopic (exact) mass is 328 g/mol. The number of piperidine rings is 1. The number of fused-ring (bicyclic) bond motifs is 1. The average molecular weight is 328 g/mol. The van der Waals surface area contributed by atoms with Crippen LogP contribution in [0.4, 0.5) is 5.82 Å². The molecule has 0 spiro atoms. The van der Waals surface area contributed by atoms with Gasteiger partial charge >= 0.3 is 0 Å². The second-order valence-corrected chi connectivity index (χ2v) is 7.40. The van der Waals surface area contributed by atoms with Crippen LogP contribution in [-0.4, -0.2) is 57.2 Å². The summed E-state index contributed by atoms with van der Waals surface area (Å²) in [6.45, 7) is 8.10. The van der Waals surface area contributed by atoms with E-state index in [-0.39, 0.29) is 0 Å². The number of likely N-dealkylation sites (tertiary alicyclic amines) is 1. The average Bonchev–Trinajstić information content (AvgIpc) is 2.90. The van der Waals surface area contributed by atoms with E-state index in [0.29, 0.717) is 5.78 Å². The van der Waals surface area contributed by atoms with Crippen LogP contribution < -0.4 is 4.90 Å². The number of rotatable bonds is 3. The Bertz CT molecular complexity index is 673. The molecule has 130 valence electrons. The molecular weight excluding hydrogens is 300 g/mol. The Hall–Kier alpha value is -1.69. The third kappa shape index (κ3) is 3.38. The molecule has 6 heteroatoms. The molecule has 2 fully saturated rings. The third-order valence-electron chi connectivity index (χ3n) is 5.42. The van der Waals surface area contributed by atoms with Gasteiger partial charge in [0.1, 0.15) is 12.1 Å². The van der Waals surface area contributed by atoms with Crippen molar-refractivity contribution in [3.8, 4) is 0 Å². The van der Waals surface area contributed by atoms with Gasteiger partial charge in [0.25, 0.3) is 5.78 Å². The summed E-state index contributed by atoms with van der Waals surface area (Å²) in [7, 11) is 0. The first-order valence-corrected chi connectivity index (χ1v) is 9.44. The van der Waals surface area contributed by atoms with Gasteiger partial charge in [0.05, 0.1) is 0 Å². The van der Waals surface area contributed by atoms with Gasteiger partial charge in [-0.05, 0) is 51.6 Å². The minimum atomic E-state index is 0.708. The first-order valence-electron chi connectivity index (χ1n) is 9.44. The number of nitrogens with zero attached hydrogens (tertiary/aromatic N) is 6. The van der Waals surface area contributed by atoms with Crippen LogP contribution in [0.3, 0.4) is 0 Å². The van der Waals surface area contributed by atoms with Crippen LogP contribution in [-0.2, 0) is 0 Å². The summed E-state index contributed by atoms with van der Waals surface area (Å²) in [5, 5.41) is 4.38. The van der Waals surface area contributed by atoms with Gasteiger partial charge in [-0.15, -0.1) is 0 Å². The summed E-state index contributed by atoms with van der Waals surface area (Å²) < 4.78 is 1.89. The van der Waals surface area contributed by atoms with Crippen molar-refractivity contribution in [3.63, 3.8) is 0 Å². The van der Waals surface area contributed by atoms with E-state index < -0.39 is 0 Å². The maximum absolute atomic E-state index is 4.47. The van der Waals surface area contributed by atoms with Crippen molar-refractivity contribution < 1.29 is 0 Å². The van der Waals surface area contributed by atoms with E-state index in [0.717, 1.165) is 30.5 Å². The zero-order chi connectivity index (χ0) is 16.4. The van der Waals surface area contributed by atoms with Crippen LogP contribution in [0, 0.1) is 12.8 Å². The molecule has 2 aliphatic rings. The molecule has 1 atom stereocenters. The quantitative estimate of drug-likeness (QED) is 0.866. The van der Waals surface area contributed by atoms with Crippen molar-refractivity contribution in [2.75, 3.05) is 37.6 Å². The molecule has 1 unspecified atom stereocenters. The number of hydrogen-bond acceptors (Lipinski definition) is 5. The van der Waals surface area contributed by atoms with Gasteiger partial charge in [0.15, 0.2) is 0 Å². The molecule has 2 aromatic heterocycles. The molecule has 0 amide bonds. The van der Waals surface area contributed by atoms with Crippen LogP contribution in [0.15, 0.2) is 12.4 Å². The number of aryl methyl sites for hydroxylation is 1. The van der Waals surface area contributed by atoms with E-state index in [2.05, 4.69) is 30.9 Å². The third-order valence-corrected chi connectivity index (χ3v) is 5.42. The molecule has 24 heavy (non-hydrogen) atoms. The Labute approximate surface area is 143 Å². The fourth-order valence-corrected chi connectivity index (χ4v) is 4.24. The van der Waals surface area contributed by atoms with Crippen molar-refractivity contribution in [3.05, 3.63) is 18.1 Å². The highest BCUT2D eigenvalue weighted by atomic mass is 15.4. The maximum Gasteiger partial charge on any atom is 0.254 e. The first kappa shape index (κ1) is 15.8. The highest BCUT2D eigenvalue weighted by molar-refractivity contribution is 5.47. The molecule has 4 heterocycles. The van der Waals surface area contributed by atoms with Gasteiger partial charge in [-0.25, -0.2) is 4.98 Å². The zero-order valence-electron chi connectivity index (χ0n) is 14.7. The summed E-state index contributed by atoms with van der Waals surface area (Å²) >= 11 is 0. The smallest absolute Gasteiger partial charge is 0.254 e. The summed E-state index contributed by atoms with van der Waals surface area (Å²) in [5.74, 6) is 2.61. The standard InChI is InChI=1S/C18H28N6/c1-15-11-17(24-18(21-15)19-14-20-24)23-10-6-7-16(13-23)12-22-8-4-2-3-5-9-22/h11,14,16H,2-10,12-13H2,1H3. The van der Waals surface area contributed by atoms with Crippen molar-refractivity contribution in [1.29, 1.82) is 0 Å². The number of hydrogen-bond donors (Lipinski definition) is 0. The molecular formula is C18H28N6. The minimum absolute atomic E-state index is 0.708. The van der Waals surface area contributed by atoms with Gasteiger partial charge in [-0.2, -0.15) is 14.6 Å². The SMILES string of the molecule is Cc1cc(N2CCCC(CN3CCCCCC3)C2)n2ncnc2n1. The summed E-state index contributed by atoms with van der Waals surface area (Å²) in [4.78, 5) is 13.9. The molecule has 0 aliphatic carbocycles. The Morgan fingerprint density at radius 1 is 1.08 bits per heavy atom. The Morgan fingerprint density at radius 2 is 1.92 bits per heavy atom. The summed E-state index contributed by atoms with van der Waals surface area (Å²) in [6.07, 6.45) is 9.78. The second kappa shape index (κ2) is 7.05. The highest BCUT2D eigenvalue weighted by Gasteiger charge is 2.24. The summed E-state index contributed by atoms with van der Waals surface area (Å²) in [6, 6.07) is 2.15. The first-order chi connectivity index (χ1) is 11.8. The molecule has 2 saturated heterocycles. The van der Waals surface area contributed by atoms with Crippen molar-refractivity contribution >= 4 is 11.6 Å². The lowest BCUT2D eigenvalue weighted by atomic mass is 9.97. The molecule has 6 nitrogen and oxygen atoms in total. The Balaban J connectivity index is 1.48. The van der Waals surface area contributed by atoms with E-state index >= 15 is 0 Å². The normalized spacial score (nSPS) is 23.5. The molecule has 4 rings (SSSR count). The lowest BCUT2D eigenvalue weighted by Crippen LogP contribution is -2.42. The van der Waals surface area contributed by atoms with Crippen molar-refractivity contribution in [1.82, 2.24) is 24.5 Å².